The number of nitrogens with zero attached hydrogens (tertiary/aromatic N) is 1. The van der Waals surface area contributed by atoms with Crippen molar-refractivity contribution in [2.45, 2.75) is 19.4 Å². The highest BCUT2D eigenvalue weighted by molar-refractivity contribution is 5.36. The quantitative estimate of drug-likeness (QED) is 0.682. The molecule has 0 aromatic heterocycles. The first-order valence-electron chi connectivity index (χ1n) is 4.87. The number of fused-ring (bicyclic) bond motifs is 1. The topological polar surface area (TPSA) is 35.5 Å². The van der Waals surface area contributed by atoms with Crippen molar-refractivity contribution in [1.82, 2.24) is 5.06 Å². The molecule has 0 bridgehead atoms. The van der Waals surface area contributed by atoms with Crippen LogP contribution in [0.3, 0.4) is 0 Å². The van der Waals surface area contributed by atoms with Crippen molar-refractivity contribution in [3.8, 4) is 5.75 Å². The van der Waals surface area contributed by atoms with Crippen LogP contribution in [-0.2, 0) is 13.0 Å². The number of hydroxylamine groups is 2. The average Bonchev–Trinajstić information content (AvgIpc) is 2.37. The lowest BCUT2D eigenvalue weighted by molar-refractivity contribution is 0.376. The molecule has 76 valence electrons. The number of methoxy groups -OCH3 is 1. The van der Waals surface area contributed by atoms with Gasteiger partial charge >= 0.3 is 0 Å². The second-order valence-electron chi connectivity index (χ2n) is 3.60. The molecule has 0 radical (unpaired) electrons. The molecule has 0 fully saturated rings. The summed E-state index contributed by atoms with van der Waals surface area (Å²) >= 11 is 0. The number of benzene rings is 1. The van der Waals surface area contributed by atoms with Gasteiger partial charge in [0.1, 0.15) is 5.75 Å². The largest absolute Gasteiger partial charge is 0.785 e. The van der Waals surface area contributed by atoms with Crippen molar-refractivity contribution < 1.29 is 4.74 Å². The first-order valence-corrected chi connectivity index (χ1v) is 4.87. The van der Waals surface area contributed by atoms with Crippen molar-refractivity contribution in [1.29, 1.82) is 0 Å². The predicted octanol–water partition coefficient (Wildman–Crippen LogP) is 1.94. The minimum Gasteiger partial charge on any atom is -0.785 e. The third-order valence-electron chi connectivity index (χ3n) is 2.61. The van der Waals surface area contributed by atoms with Crippen molar-refractivity contribution in [2.24, 2.45) is 0 Å². The number of ether oxygens (including phenoxy) is 1. The Bertz CT molecular complexity index is 325. The van der Waals surface area contributed by atoms with Gasteiger partial charge in [-0.2, -0.15) is 0 Å². The van der Waals surface area contributed by atoms with Crippen LogP contribution < -0.4 is 4.74 Å². The summed E-state index contributed by atoms with van der Waals surface area (Å²) in [6.07, 6.45) is 1.91. The fourth-order valence-corrected chi connectivity index (χ4v) is 1.83. The Morgan fingerprint density at radius 2 is 2.21 bits per heavy atom. The maximum atomic E-state index is 11.3. The number of rotatable bonds is 1. The monoisotopic (exact) mass is 192 g/mol. The zero-order chi connectivity index (χ0) is 9.97. The Kier molecular flexibility index (Phi) is 2.70. The molecule has 1 aliphatic rings. The maximum Gasteiger partial charge on any atom is 0.119 e. The summed E-state index contributed by atoms with van der Waals surface area (Å²) in [6, 6.07) is 5.94. The van der Waals surface area contributed by atoms with E-state index < -0.39 is 0 Å². The maximum absolute atomic E-state index is 11.3. The van der Waals surface area contributed by atoms with Crippen LogP contribution in [0, 0.1) is 5.21 Å². The van der Waals surface area contributed by atoms with Crippen LogP contribution in [0.25, 0.3) is 0 Å². The van der Waals surface area contributed by atoms with Gasteiger partial charge in [-0.25, -0.2) is 0 Å². The zero-order valence-electron chi connectivity index (χ0n) is 8.32. The second-order valence-corrected chi connectivity index (χ2v) is 3.60. The molecule has 1 aliphatic heterocycles. The SMILES string of the molecule is COc1ccc2c(c1)CCCN([O-])C2. The van der Waals surface area contributed by atoms with Gasteiger partial charge in [-0.3, -0.25) is 0 Å². The van der Waals surface area contributed by atoms with Crippen molar-refractivity contribution in [3.05, 3.63) is 34.5 Å². The smallest absolute Gasteiger partial charge is 0.119 e. The third-order valence-corrected chi connectivity index (χ3v) is 2.61. The van der Waals surface area contributed by atoms with E-state index in [2.05, 4.69) is 0 Å². The Hall–Kier alpha value is -1.06. The summed E-state index contributed by atoms with van der Waals surface area (Å²) in [4.78, 5) is 0. The van der Waals surface area contributed by atoms with E-state index in [1.165, 1.54) is 5.56 Å². The number of hydrogen-bond donors (Lipinski definition) is 0. The molecule has 14 heavy (non-hydrogen) atoms. The van der Waals surface area contributed by atoms with E-state index >= 15 is 0 Å². The minimum absolute atomic E-state index is 0.513. The van der Waals surface area contributed by atoms with Crippen molar-refractivity contribution in [2.75, 3.05) is 13.7 Å². The summed E-state index contributed by atoms with van der Waals surface area (Å²) < 4.78 is 5.16. The van der Waals surface area contributed by atoms with E-state index in [4.69, 9.17) is 4.74 Å². The van der Waals surface area contributed by atoms with Gasteiger partial charge < -0.3 is 15.0 Å². The van der Waals surface area contributed by atoms with Gasteiger partial charge in [0.05, 0.1) is 7.11 Å². The molecule has 0 amide bonds. The first kappa shape index (κ1) is 9.49. The number of aryl methyl sites for hydroxylation is 1. The summed E-state index contributed by atoms with van der Waals surface area (Å²) in [7, 11) is 1.67. The van der Waals surface area contributed by atoms with Gasteiger partial charge in [0.25, 0.3) is 0 Å². The van der Waals surface area contributed by atoms with Crippen LogP contribution in [0.5, 0.6) is 5.75 Å². The molecule has 3 heteroatoms. The Morgan fingerprint density at radius 3 is 3.00 bits per heavy atom. The molecular weight excluding hydrogens is 178 g/mol. The van der Waals surface area contributed by atoms with Crippen LogP contribution in [0.2, 0.25) is 0 Å². The van der Waals surface area contributed by atoms with Crippen LogP contribution in [-0.4, -0.2) is 18.7 Å². The van der Waals surface area contributed by atoms with Crippen LogP contribution in [0.4, 0.5) is 0 Å². The van der Waals surface area contributed by atoms with Gasteiger partial charge in [-0.1, -0.05) is 6.07 Å². The molecule has 1 heterocycles. The van der Waals surface area contributed by atoms with Crippen molar-refractivity contribution in [3.63, 3.8) is 0 Å². The lowest BCUT2D eigenvalue weighted by atomic mass is 10.0. The fourth-order valence-electron chi connectivity index (χ4n) is 1.83. The lowest BCUT2D eigenvalue weighted by Crippen LogP contribution is -2.14. The molecule has 0 spiro atoms. The Labute approximate surface area is 83.9 Å². The summed E-state index contributed by atoms with van der Waals surface area (Å²) in [6.45, 7) is 1.15. The van der Waals surface area contributed by atoms with Gasteiger partial charge in [0, 0.05) is 6.54 Å². The van der Waals surface area contributed by atoms with E-state index in [0.29, 0.717) is 13.1 Å². The van der Waals surface area contributed by atoms with Gasteiger partial charge in [-0.05, 0) is 42.6 Å². The van der Waals surface area contributed by atoms with E-state index in [0.717, 1.165) is 29.2 Å². The molecular formula is C11H14NO2-. The van der Waals surface area contributed by atoms with E-state index in [9.17, 15) is 5.21 Å². The molecule has 1 aromatic carbocycles. The zero-order valence-corrected chi connectivity index (χ0v) is 8.32. The standard InChI is InChI=1S/C11H14NO2/c1-14-11-5-4-10-8-12(13)6-2-3-9(10)7-11/h4-5,7H,2-3,6,8H2,1H3/q-1. The first-order chi connectivity index (χ1) is 6.79. The highest BCUT2D eigenvalue weighted by atomic mass is 16.5. The highest BCUT2D eigenvalue weighted by Gasteiger charge is 2.09. The molecule has 0 N–H and O–H groups in total. The summed E-state index contributed by atoms with van der Waals surface area (Å²) in [5, 5.41) is 12.4. The third kappa shape index (κ3) is 1.89. The highest BCUT2D eigenvalue weighted by Crippen LogP contribution is 2.22. The minimum atomic E-state index is 0.513. The molecule has 0 saturated heterocycles. The molecule has 0 aliphatic carbocycles. The Balaban J connectivity index is 2.31. The summed E-state index contributed by atoms with van der Waals surface area (Å²) in [5.41, 5.74) is 2.39. The molecule has 1 aromatic rings. The predicted molar refractivity (Wildman–Crippen MR) is 55.1 cm³/mol. The van der Waals surface area contributed by atoms with Gasteiger partial charge in [0.2, 0.25) is 0 Å². The average molecular weight is 192 g/mol. The number of hydrogen-bond acceptors (Lipinski definition) is 3. The van der Waals surface area contributed by atoms with Crippen LogP contribution in [0.15, 0.2) is 18.2 Å². The Morgan fingerprint density at radius 1 is 1.36 bits per heavy atom. The van der Waals surface area contributed by atoms with Crippen molar-refractivity contribution >= 4 is 0 Å². The van der Waals surface area contributed by atoms with Crippen LogP contribution in [0.1, 0.15) is 17.5 Å². The van der Waals surface area contributed by atoms with Crippen LogP contribution >= 0.6 is 0 Å². The molecule has 0 saturated carbocycles. The van der Waals surface area contributed by atoms with E-state index in [1.807, 2.05) is 18.2 Å². The van der Waals surface area contributed by atoms with E-state index in [1.54, 1.807) is 7.11 Å². The van der Waals surface area contributed by atoms with Gasteiger partial charge in [-0.15, -0.1) is 0 Å². The van der Waals surface area contributed by atoms with Gasteiger partial charge in [0.15, 0.2) is 0 Å². The van der Waals surface area contributed by atoms with E-state index in [-0.39, 0.29) is 0 Å². The molecule has 3 nitrogen and oxygen atoms in total. The lowest BCUT2D eigenvalue weighted by Gasteiger charge is -2.25. The molecule has 0 atom stereocenters. The molecule has 2 rings (SSSR count). The second kappa shape index (κ2) is 3.98. The summed E-state index contributed by atoms with van der Waals surface area (Å²) in [5.74, 6) is 0.878. The normalized spacial score (nSPS) is 17.3. The molecule has 0 unspecified atom stereocenters. The fraction of sp³-hybridized carbons (Fsp3) is 0.455.